The van der Waals surface area contributed by atoms with Gasteiger partial charge in [0.15, 0.2) is 0 Å². The van der Waals surface area contributed by atoms with Crippen LogP contribution in [0.25, 0.3) is 0 Å². The second-order valence-corrected chi connectivity index (χ2v) is 7.08. The average molecular weight is 459 g/mol. The lowest BCUT2D eigenvalue weighted by atomic mass is 10.2. The van der Waals surface area contributed by atoms with Crippen LogP contribution in [0.5, 0.6) is 0 Å². The zero-order chi connectivity index (χ0) is 19.6. The van der Waals surface area contributed by atoms with E-state index >= 15 is 0 Å². The lowest BCUT2D eigenvalue weighted by Crippen LogP contribution is -2.20. The van der Waals surface area contributed by atoms with Crippen molar-refractivity contribution in [3.8, 4) is 0 Å². The maximum atomic E-state index is 12.9. The third-order valence-corrected chi connectivity index (χ3v) is 5.02. The van der Waals surface area contributed by atoms with E-state index in [-0.39, 0.29) is 16.7 Å². The fourth-order valence-electron chi connectivity index (χ4n) is 2.51. The predicted octanol–water partition coefficient (Wildman–Crippen LogP) is 4.43. The van der Waals surface area contributed by atoms with Gasteiger partial charge in [-0.25, -0.2) is 8.78 Å². The highest BCUT2D eigenvalue weighted by molar-refractivity contribution is 9.10. The summed E-state index contributed by atoms with van der Waals surface area (Å²) in [7, 11) is 0. The zero-order valence-corrected chi connectivity index (χ0v) is 16.5. The highest BCUT2D eigenvalue weighted by atomic mass is 79.9. The molecule has 0 bridgehead atoms. The predicted molar refractivity (Wildman–Crippen MR) is 101 cm³/mol. The molecule has 142 valence electrons. The fraction of sp³-hybridized carbons (Fsp3) is 0.235. The van der Waals surface area contributed by atoms with E-state index in [4.69, 9.17) is 11.6 Å². The van der Waals surface area contributed by atoms with Gasteiger partial charge in [0, 0.05) is 11.2 Å². The van der Waals surface area contributed by atoms with Crippen LogP contribution >= 0.6 is 27.5 Å². The van der Waals surface area contributed by atoms with Crippen molar-refractivity contribution in [2.24, 2.45) is 0 Å². The Labute approximate surface area is 167 Å². The molecule has 1 aromatic carbocycles. The van der Waals surface area contributed by atoms with E-state index in [0.717, 1.165) is 5.56 Å². The highest BCUT2D eigenvalue weighted by Gasteiger charge is 2.21. The Morgan fingerprint density at radius 3 is 2.85 bits per heavy atom. The van der Waals surface area contributed by atoms with Crippen molar-refractivity contribution in [3.05, 3.63) is 63.1 Å². The molecule has 0 saturated carbocycles. The minimum atomic E-state index is -2.72. The maximum Gasteiger partial charge on any atom is 0.283 e. The van der Waals surface area contributed by atoms with Crippen LogP contribution in [0.2, 0.25) is 5.02 Å². The van der Waals surface area contributed by atoms with Crippen molar-refractivity contribution >= 4 is 39.1 Å². The molecular weight excluding hydrogens is 444 g/mol. The van der Waals surface area contributed by atoms with Crippen LogP contribution in [0.3, 0.4) is 0 Å². The first-order chi connectivity index (χ1) is 12.8. The normalized spacial score (nSPS) is 11.2. The number of benzene rings is 1. The van der Waals surface area contributed by atoms with Crippen molar-refractivity contribution in [3.63, 3.8) is 0 Å². The molecule has 0 aliphatic rings. The topological polar surface area (TPSA) is 64.7 Å². The van der Waals surface area contributed by atoms with Gasteiger partial charge in [-0.3, -0.25) is 14.2 Å². The second-order valence-electron chi connectivity index (χ2n) is 5.85. The van der Waals surface area contributed by atoms with Crippen LogP contribution in [0.4, 0.5) is 14.5 Å². The van der Waals surface area contributed by atoms with Gasteiger partial charge in [0.1, 0.15) is 12.2 Å². The number of rotatable bonds is 6. The molecule has 3 rings (SSSR count). The van der Waals surface area contributed by atoms with E-state index in [2.05, 4.69) is 31.4 Å². The quantitative estimate of drug-likeness (QED) is 0.594. The molecule has 0 radical (unpaired) electrons. The van der Waals surface area contributed by atoms with E-state index in [1.54, 1.807) is 23.9 Å². The zero-order valence-electron chi connectivity index (χ0n) is 14.2. The van der Waals surface area contributed by atoms with E-state index < -0.39 is 12.3 Å². The summed E-state index contributed by atoms with van der Waals surface area (Å²) in [6, 6.07) is 7.39. The number of nitrogens with zero attached hydrogens (tertiary/aromatic N) is 4. The molecule has 0 aliphatic heterocycles. The van der Waals surface area contributed by atoms with Gasteiger partial charge in [-0.15, -0.1) is 0 Å². The Kier molecular flexibility index (Phi) is 5.91. The molecule has 1 N–H and O–H groups in total. The van der Waals surface area contributed by atoms with Gasteiger partial charge < -0.3 is 5.32 Å². The SMILES string of the molecule is Cc1c(Br)c(C(F)F)nn1CC(=O)Nc1cnn(Cc2cccc(Cl)c2)c1. The summed E-state index contributed by atoms with van der Waals surface area (Å²) >= 11 is 9.04. The molecule has 0 atom stereocenters. The second kappa shape index (κ2) is 8.18. The molecule has 0 aliphatic carbocycles. The van der Waals surface area contributed by atoms with Crippen LogP contribution in [-0.2, 0) is 17.9 Å². The number of alkyl halides is 2. The lowest BCUT2D eigenvalue weighted by molar-refractivity contribution is -0.117. The molecule has 27 heavy (non-hydrogen) atoms. The number of hydrogen-bond donors (Lipinski definition) is 1. The molecule has 2 heterocycles. The maximum absolute atomic E-state index is 12.9. The molecule has 1 amide bonds. The molecule has 0 unspecified atom stereocenters. The van der Waals surface area contributed by atoms with E-state index in [1.807, 2.05) is 18.2 Å². The van der Waals surface area contributed by atoms with Crippen molar-refractivity contribution in [2.45, 2.75) is 26.4 Å². The highest BCUT2D eigenvalue weighted by Crippen LogP contribution is 2.28. The number of nitrogens with one attached hydrogen (secondary N) is 1. The van der Waals surface area contributed by atoms with Gasteiger partial charge in [-0.05, 0) is 40.5 Å². The van der Waals surface area contributed by atoms with Gasteiger partial charge in [-0.1, -0.05) is 23.7 Å². The summed E-state index contributed by atoms with van der Waals surface area (Å²) < 4.78 is 28.9. The minimum Gasteiger partial charge on any atom is -0.322 e. The summed E-state index contributed by atoms with van der Waals surface area (Å²) in [6.07, 6.45) is 0.473. The van der Waals surface area contributed by atoms with Gasteiger partial charge in [0.2, 0.25) is 5.91 Å². The number of hydrogen-bond acceptors (Lipinski definition) is 3. The molecule has 0 fully saturated rings. The van der Waals surface area contributed by atoms with Crippen molar-refractivity contribution in [2.75, 3.05) is 5.32 Å². The van der Waals surface area contributed by atoms with Gasteiger partial charge in [-0.2, -0.15) is 10.2 Å². The van der Waals surface area contributed by atoms with Crippen LogP contribution in [0.15, 0.2) is 41.1 Å². The molecule has 0 spiro atoms. The molecule has 3 aromatic rings. The van der Waals surface area contributed by atoms with Gasteiger partial charge >= 0.3 is 0 Å². The number of amides is 1. The number of halogens is 4. The van der Waals surface area contributed by atoms with Crippen LogP contribution < -0.4 is 5.32 Å². The third-order valence-electron chi connectivity index (χ3n) is 3.81. The monoisotopic (exact) mass is 457 g/mol. The minimum absolute atomic E-state index is 0.184. The van der Waals surface area contributed by atoms with Crippen molar-refractivity contribution in [1.82, 2.24) is 19.6 Å². The van der Waals surface area contributed by atoms with Crippen molar-refractivity contribution < 1.29 is 13.6 Å². The average Bonchev–Trinajstić information content (AvgIpc) is 3.14. The fourth-order valence-corrected chi connectivity index (χ4v) is 3.18. The molecule has 10 heteroatoms. The summed E-state index contributed by atoms with van der Waals surface area (Å²) in [5.41, 5.74) is 1.55. The first-order valence-electron chi connectivity index (χ1n) is 7.91. The van der Waals surface area contributed by atoms with Gasteiger partial charge in [0.05, 0.1) is 28.6 Å². The number of anilines is 1. The Hall–Kier alpha value is -2.26. The Morgan fingerprint density at radius 2 is 2.19 bits per heavy atom. The van der Waals surface area contributed by atoms with E-state index in [0.29, 0.717) is 22.9 Å². The van der Waals surface area contributed by atoms with Crippen LogP contribution in [0.1, 0.15) is 23.4 Å². The summed E-state index contributed by atoms with van der Waals surface area (Å²) in [6.45, 7) is 1.93. The largest absolute Gasteiger partial charge is 0.322 e. The third kappa shape index (κ3) is 4.72. The number of aromatic nitrogens is 4. The molecule has 0 saturated heterocycles. The van der Waals surface area contributed by atoms with Crippen LogP contribution in [0, 0.1) is 6.92 Å². The summed E-state index contributed by atoms with van der Waals surface area (Å²) in [5, 5.41) is 11.3. The van der Waals surface area contributed by atoms with Crippen molar-refractivity contribution in [1.29, 1.82) is 0 Å². The van der Waals surface area contributed by atoms with E-state index in [9.17, 15) is 13.6 Å². The Morgan fingerprint density at radius 1 is 1.41 bits per heavy atom. The molecule has 6 nitrogen and oxygen atoms in total. The first-order valence-corrected chi connectivity index (χ1v) is 9.08. The smallest absolute Gasteiger partial charge is 0.283 e. The number of carbonyl (C=O) groups excluding carboxylic acids is 1. The summed E-state index contributed by atoms with van der Waals surface area (Å²) in [5.74, 6) is -0.392. The Bertz CT molecular complexity index is 972. The van der Waals surface area contributed by atoms with Gasteiger partial charge in [0.25, 0.3) is 6.43 Å². The lowest BCUT2D eigenvalue weighted by Gasteiger charge is -2.05. The number of carbonyl (C=O) groups is 1. The Balaban J connectivity index is 1.64. The van der Waals surface area contributed by atoms with E-state index in [1.165, 1.54) is 10.9 Å². The van der Waals surface area contributed by atoms with Crippen LogP contribution in [-0.4, -0.2) is 25.5 Å². The summed E-state index contributed by atoms with van der Waals surface area (Å²) in [4.78, 5) is 12.2. The molecular formula is C17H15BrClF2N5O. The first kappa shape index (κ1) is 19.5. The molecule has 2 aromatic heterocycles. The standard InChI is InChI=1S/C17H15BrClF2N5O/c1-10-15(18)16(17(20)21)24-26(10)9-14(27)23-13-6-22-25(8-13)7-11-3-2-4-12(19)5-11/h2-6,8,17H,7,9H2,1H3,(H,23,27).